The number of hydrogen-bond acceptors (Lipinski definition) is 4. The van der Waals surface area contributed by atoms with Crippen LogP contribution in [0.3, 0.4) is 0 Å². The zero-order valence-corrected chi connectivity index (χ0v) is 8.94. The number of aromatic amines is 1. The minimum Gasteiger partial charge on any atom is -0.467 e. The fraction of sp³-hybridized carbons (Fsp3) is 0.300. The van der Waals surface area contributed by atoms with Crippen LogP contribution in [0, 0.1) is 0 Å². The zero-order valence-electron chi connectivity index (χ0n) is 8.94. The van der Waals surface area contributed by atoms with Crippen LogP contribution in [0.25, 0.3) is 0 Å². The van der Waals surface area contributed by atoms with Crippen molar-refractivity contribution in [3.8, 4) is 0 Å². The smallest absolute Gasteiger partial charge is 0.328 e. The highest BCUT2D eigenvalue weighted by Crippen LogP contribution is 1.93. The molecule has 16 heavy (non-hydrogen) atoms. The molecule has 0 aliphatic rings. The predicted octanol–water partition coefficient (Wildman–Crippen LogP) is -0.334. The third-order valence-corrected chi connectivity index (χ3v) is 1.92. The van der Waals surface area contributed by atoms with Crippen LogP contribution in [-0.4, -0.2) is 30.0 Å². The Labute approximate surface area is 91.6 Å². The van der Waals surface area contributed by atoms with E-state index in [2.05, 4.69) is 15.0 Å². The van der Waals surface area contributed by atoms with Crippen LogP contribution < -0.4 is 10.9 Å². The summed E-state index contributed by atoms with van der Waals surface area (Å²) in [6, 6.07) is 3.43. The van der Waals surface area contributed by atoms with Crippen molar-refractivity contribution in [1.82, 2.24) is 10.3 Å². The minimum atomic E-state index is -0.763. The van der Waals surface area contributed by atoms with Gasteiger partial charge in [-0.05, 0) is 13.0 Å². The standard InChI is InChI=1S/C10H12N2O4/c1-6(10(15)16-2)11-9(14)7-4-3-5-8(13)12-7/h3-6H,1-2H3,(H,11,14)(H,12,13). The first-order valence-electron chi connectivity index (χ1n) is 4.62. The van der Waals surface area contributed by atoms with Gasteiger partial charge in [0, 0.05) is 6.07 Å². The van der Waals surface area contributed by atoms with Gasteiger partial charge in [-0.25, -0.2) is 4.79 Å². The first-order chi connectivity index (χ1) is 7.54. The Morgan fingerprint density at radius 1 is 1.44 bits per heavy atom. The highest BCUT2D eigenvalue weighted by molar-refractivity contribution is 5.94. The van der Waals surface area contributed by atoms with Crippen molar-refractivity contribution in [3.63, 3.8) is 0 Å². The molecule has 1 rings (SSSR count). The van der Waals surface area contributed by atoms with Gasteiger partial charge in [-0.15, -0.1) is 0 Å². The number of aromatic nitrogens is 1. The molecule has 1 amide bonds. The molecule has 1 aromatic heterocycles. The van der Waals surface area contributed by atoms with Crippen molar-refractivity contribution in [2.24, 2.45) is 0 Å². The van der Waals surface area contributed by atoms with Crippen LogP contribution in [0.1, 0.15) is 17.4 Å². The number of carbonyl (C=O) groups excluding carboxylic acids is 2. The van der Waals surface area contributed by atoms with Gasteiger partial charge in [-0.3, -0.25) is 9.59 Å². The van der Waals surface area contributed by atoms with Gasteiger partial charge >= 0.3 is 5.97 Å². The zero-order chi connectivity index (χ0) is 12.1. The number of esters is 1. The molecule has 0 aliphatic carbocycles. The summed E-state index contributed by atoms with van der Waals surface area (Å²) in [4.78, 5) is 35.9. The van der Waals surface area contributed by atoms with Crippen LogP contribution >= 0.6 is 0 Å². The lowest BCUT2D eigenvalue weighted by molar-refractivity contribution is -0.142. The van der Waals surface area contributed by atoms with Crippen molar-refractivity contribution in [2.75, 3.05) is 7.11 Å². The second-order valence-corrected chi connectivity index (χ2v) is 3.15. The van der Waals surface area contributed by atoms with E-state index in [9.17, 15) is 14.4 Å². The number of H-pyrrole nitrogens is 1. The summed E-state index contributed by atoms with van der Waals surface area (Å²) < 4.78 is 4.45. The second-order valence-electron chi connectivity index (χ2n) is 3.15. The Morgan fingerprint density at radius 3 is 2.69 bits per heavy atom. The average molecular weight is 224 g/mol. The largest absolute Gasteiger partial charge is 0.467 e. The van der Waals surface area contributed by atoms with E-state index < -0.39 is 17.9 Å². The Morgan fingerprint density at radius 2 is 2.12 bits per heavy atom. The Balaban J connectivity index is 2.73. The molecule has 1 aromatic rings. The van der Waals surface area contributed by atoms with Crippen molar-refractivity contribution < 1.29 is 14.3 Å². The summed E-state index contributed by atoms with van der Waals surface area (Å²) in [7, 11) is 1.23. The molecule has 0 aliphatic heterocycles. The number of nitrogens with one attached hydrogen (secondary N) is 2. The lowest BCUT2D eigenvalue weighted by Gasteiger charge is -2.10. The van der Waals surface area contributed by atoms with E-state index in [1.807, 2.05) is 0 Å². The summed E-state index contributed by atoms with van der Waals surface area (Å²) in [5.41, 5.74) is -0.276. The number of ether oxygens (including phenoxy) is 1. The molecule has 0 saturated heterocycles. The van der Waals surface area contributed by atoms with Gasteiger partial charge in [-0.1, -0.05) is 6.07 Å². The van der Waals surface area contributed by atoms with Gasteiger partial charge < -0.3 is 15.0 Å². The predicted molar refractivity (Wildman–Crippen MR) is 56.0 cm³/mol. The molecule has 2 N–H and O–H groups in total. The number of methoxy groups -OCH3 is 1. The van der Waals surface area contributed by atoms with E-state index >= 15 is 0 Å². The van der Waals surface area contributed by atoms with Crippen LogP contribution in [0.4, 0.5) is 0 Å². The van der Waals surface area contributed by atoms with Crippen molar-refractivity contribution in [3.05, 3.63) is 34.2 Å². The lowest BCUT2D eigenvalue weighted by atomic mass is 10.3. The van der Waals surface area contributed by atoms with E-state index in [0.717, 1.165) is 0 Å². The summed E-state index contributed by atoms with van der Waals surface area (Å²) in [5.74, 6) is -1.08. The van der Waals surface area contributed by atoms with Gasteiger partial charge in [0.2, 0.25) is 5.56 Å². The molecule has 0 aromatic carbocycles. The average Bonchev–Trinajstić information content (AvgIpc) is 2.27. The first kappa shape index (κ1) is 12.0. The van der Waals surface area contributed by atoms with E-state index in [0.29, 0.717) is 0 Å². The molecular formula is C10H12N2O4. The molecule has 0 spiro atoms. The van der Waals surface area contributed by atoms with Crippen molar-refractivity contribution in [2.45, 2.75) is 13.0 Å². The molecule has 0 bridgehead atoms. The van der Waals surface area contributed by atoms with Gasteiger partial charge in [0.15, 0.2) is 0 Å². The van der Waals surface area contributed by atoms with Crippen molar-refractivity contribution >= 4 is 11.9 Å². The minimum absolute atomic E-state index is 0.100. The maximum absolute atomic E-state index is 11.5. The fourth-order valence-corrected chi connectivity index (χ4v) is 1.09. The van der Waals surface area contributed by atoms with Crippen LogP contribution in [0.5, 0.6) is 0 Å². The lowest BCUT2D eigenvalue weighted by Crippen LogP contribution is -2.39. The van der Waals surface area contributed by atoms with E-state index in [1.165, 1.54) is 32.2 Å². The van der Waals surface area contributed by atoms with Gasteiger partial charge in [0.05, 0.1) is 7.11 Å². The molecule has 86 valence electrons. The molecule has 1 unspecified atom stereocenters. The third-order valence-electron chi connectivity index (χ3n) is 1.92. The maximum Gasteiger partial charge on any atom is 0.328 e. The van der Waals surface area contributed by atoms with Crippen LogP contribution in [-0.2, 0) is 9.53 Å². The number of hydrogen-bond donors (Lipinski definition) is 2. The summed E-state index contributed by atoms with van der Waals surface area (Å²) >= 11 is 0. The molecule has 6 nitrogen and oxygen atoms in total. The van der Waals surface area contributed by atoms with Crippen LogP contribution in [0.15, 0.2) is 23.0 Å². The van der Waals surface area contributed by atoms with Gasteiger partial charge in [0.25, 0.3) is 5.91 Å². The maximum atomic E-state index is 11.5. The second kappa shape index (κ2) is 5.11. The Kier molecular flexibility index (Phi) is 3.82. The number of carbonyl (C=O) groups is 2. The topological polar surface area (TPSA) is 88.3 Å². The molecule has 6 heteroatoms. The van der Waals surface area contributed by atoms with Gasteiger partial charge in [0.1, 0.15) is 11.7 Å². The molecule has 0 saturated carbocycles. The Bertz CT molecular complexity index is 452. The number of amides is 1. The summed E-state index contributed by atoms with van der Waals surface area (Å²) in [5, 5.41) is 2.39. The quantitative estimate of drug-likeness (QED) is 0.688. The van der Waals surface area contributed by atoms with E-state index in [-0.39, 0.29) is 11.3 Å². The van der Waals surface area contributed by atoms with Crippen molar-refractivity contribution in [1.29, 1.82) is 0 Å². The first-order valence-corrected chi connectivity index (χ1v) is 4.62. The molecular weight excluding hydrogens is 212 g/mol. The van der Waals surface area contributed by atoms with Crippen LogP contribution in [0.2, 0.25) is 0 Å². The third kappa shape index (κ3) is 2.94. The normalized spacial score (nSPS) is 11.6. The SMILES string of the molecule is COC(=O)C(C)NC(=O)c1cccc(=O)[nH]1. The molecule has 0 radical (unpaired) electrons. The monoisotopic (exact) mass is 224 g/mol. The fourth-order valence-electron chi connectivity index (χ4n) is 1.09. The summed E-state index contributed by atoms with van der Waals surface area (Å²) in [6.07, 6.45) is 0. The molecule has 0 fully saturated rings. The Hall–Kier alpha value is -2.11. The number of rotatable bonds is 3. The van der Waals surface area contributed by atoms with E-state index in [4.69, 9.17) is 0 Å². The highest BCUT2D eigenvalue weighted by Gasteiger charge is 2.16. The van der Waals surface area contributed by atoms with E-state index in [1.54, 1.807) is 0 Å². The van der Waals surface area contributed by atoms with Gasteiger partial charge in [-0.2, -0.15) is 0 Å². The molecule has 1 heterocycles. The molecule has 1 atom stereocenters. The number of pyridine rings is 1. The summed E-state index contributed by atoms with van der Waals surface area (Å²) in [6.45, 7) is 1.49. The highest BCUT2D eigenvalue weighted by atomic mass is 16.5.